The number of aromatic nitrogens is 2. The maximum absolute atomic E-state index is 12.2. The maximum Gasteiger partial charge on any atom is 0.271 e. The number of para-hydroxylation sites is 1. The molecule has 3 rings (SSSR count). The average molecular weight is 343 g/mol. The van der Waals surface area contributed by atoms with Crippen LogP contribution < -0.4 is 10.9 Å². The second-order valence-corrected chi connectivity index (χ2v) is 6.57. The fourth-order valence-electron chi connectivity index (χ4n) is 3.17. The van der Waals surface area contributed by atoms with Gasteiger partial charge in [0.25, 0.3) is 5.56 Å². The minimum Gasteiger partial charge on any atom is -0.338 e. The Balaban J connectivity index is 1.90. The number of nitriles is 1. The van der Waals surface area contributed by atoms with Gasteiger partial charge in [0.2, 0.25) is 0 Å². The van der Waals surface area contributed by atoms with Crippen molar-refractivity contribution in [2.45, 2.75) is 38.5 Å². The lowest BCUT2D eigenvalue weighted by Crippen LogP contribution is -2.20. The first kappa shape index (κ1) is 16.5. The zero-order chi connectivity index (χ0) is 16.9. The second kappa shape index (κ2) is 7.50. The molecule has 0 radical (unpaired) electrons. The second-order valence-electron chi connectivity index (χ2n) is 6.16. The van der Waals surface area contributed by atoms with Crippen LogP contribution in [-0.2, 0) is 6.42 Å². The molecule has 1 aliphatic carbocycles. The predicted octanol–water partition coefficient (Wildman–Crippen LogP) is 4.16. The molecule has 2 N–H and O–H groups in total. The van der Waals surface area contributed by atoms with Crippen LogP contribution >= 0.6 is 11.6 Å². The number of anilines is 2. The normalized spacial score (nSPS) is 15.0. The van der Waals surface area contributed by atoms with Gasteiger partial charge < -0.3 is 10.3 Å². The molecule has 1 fully saturated rings. The highest BCUT2D eigenvalue weighted by Crippen LogP contribution is 2.27. The Labute approximate surface area is 145 Å². The predicted molar refractivity (Wildman–Crippen MR) is 94.6 cm³/mol. The molecule has 24 heavy (non-hydrogen) atoms. The molecular formula is C18H19ClN4O. The highest BCUT2D eigenvalue weighted by Gasteiger charge is 2.18. The average Bonchev–Trinajstić information content (AvgIpc) is 2.58. The molecule has 2 aromatic rings. The Morgan fingerprint density at radius 1 is 1.29 bits per heavy atom. The number of hydrogen-bond donors (Lipinski definition) is 2. The van der Waals surface area contributed by atoms with Crippen LogP contribution in [0.1, 0.15) is 43.5 Å². The summed E-state index contributed by atoms with van der Waals surface area (Å²) in [7, 11) is 0. The van der Waals surface area contributed by atoms with E-state index in [1.165, 1.54) is 19.3 Å². The summed E-state index contributed by atoms with van der Waals surface area (Å²) in [5.41, 5.74) is 0.188. The van der Waals surface area contributed by atoms with Crippen molar-refractivity contribution in [2.24, 2.45) is 5.92 Å². The molecule has 0 saturated heterocycles. The Bertz CT molecular complexity index is 818. The third kappa shape index (κ3) is 3.77. The van der Waals surface area contributed by atoms with Gasteiger partial charge in [0.05, 0.1) is 10.7 Å². The molecule has 1 saturated carbocycles. The van der Waals surface area contributed by atoms with Crippen LogP contribution in [0.15, 0.2) is 29.1 Å². The van der Waals surface area contributed by atoms with Gasteiger partial charge in [0, 0.05) is 6.42 Å². The van der Waals surface area contributed by atoms with Gasteiger partial charge in [0.15, 0.2) is 11.4 Å². The largest absolute Gasteiger partial charge is 0.338 e. The zero-order valence-corrected chi connectivity index (χ0v) is 14.1. The number of benzene rings is 1. The van der Waals surface area contributed by atoms with Crippen molar-refractivity contribution in [3.05, 3.63) is 51.0 Å². The molecule has 0 unspecified atom stereocenters. The van der Waals surface area contributed by atoms with Gasteiger partial charge in [0.1, 0.15) is 11.9 Å². The SMILES string of the molecule is N#Cc1c(Nc2ccccc2Cl)nc(CC2CCCCC2)[nH]c1=O. The summed E-state index contributed by atoms with van der Waals surface area (Å²) in [4.78, 5) is 19.5. The summed E-state index contributed by atoms with van der Waals surface area (Å²) in [6.07, 6.45) is 6.81. The van der Waals surface area contributed by atoms with E-state index in [1.54, 1.807) is 12.1 Å². The molecule has 0 atom stereocenters. The zero-order valence-electron chi connectivity index (χ0n) is 13.3. The molecule has 1 aliphatic rings. The van der Waals surface area contributed by atoms with Crippen molar-refractivity contribution in [2.75, 3.05) is 5.32 Å². The smallest absolute Gasteiger partial charge is 0.271 e. The third-order valence-corrected chi connectivity index (χ3v) is 4.74. The molecule has 0 amide bonds. The van der Waals surface area contributed by atoms with E-state index >= 15 is 0 Å². The van der Waals surface area contributed by atoms with Gasteiger partial charge in [-0.2, -0.15) is 5.26 Å². The summed E-state index contributed by atoms with van der Waals surface area (Å²) in [5.74, 6) is 1.43. The summed E-state index contributed by atoms with van der Waals surface area (Å²) >= 11 is 6.15. The third-order valence-electron chi connectivity index (χ3n) is 4.41. The number of rotatable bonds is 4. The van der Waals surface area contributed by atoms with Crippen molar-refractivity contribution in [3.63, 3.8) is 0 Å². The van der Waals surface area contributed by atoms with Crippen LogP contribution in [0.5, 0.6) is 0 Å². The molecule has 0 bridgehead atoms. The molecule has 5 nitrogen and oxygen atoms in total. The number of H-pyrrole nitrogens is 1. The van der Waals surface area contributed by atoms with Gasteiger partial charge in [-0.3, -0.25) is 4.79 Å². The van der Waals surface area contributed by atoms with Gasteiger partial charge >= 0.3 is 0 Å². The maximum atomic E-state index is 12.2. The van der Waals surface area contributed by atoms with Gasteiger partial charge in [-0.15, -0.1) is 0 Å². The molecule has 124 valence electrons. The monoisotopic (exact) mass is 342 g/mol. The molecule has 1 aromatic carbocycles. The highest BCUT2D eigenvalue weighted by atomic mass is 35.5. The molecule has 1 aromatic heterocycles. The lowest BCUT2D eigenvalue weighted by atomic mass is 9.87. The Morgan fingerprint density at radius 3 is 2.75 bits per heavy atom. The molecular weight excluding hydrogens is 324 g/mol. The Hall–Kier alpha value is -2.32. The number of nitrogens with one attached hydrogen (secondary N) is 2. The first-order valence-electron chi connectivity index (χ1n) is 8.22. The van der Waals surface area contributed by atoms with E-state index in [4.69, 9.17) is 11.6 Å². The molecule has 0 aliphatic heterocycles. The van der Waals surface area contributed by atoms with Crippen molar-refractivity contribution < 1.29 is 0 Å². The Morgan fingerprint density at radius 2 is 2.04 bits per heavy atom. The topological polar surface area (TPSA) is 81.6 Å². The standard InChI is InChI=1S/C18H19ClN4O/c19-14-8-4-5-9-15(14)21-17-13(11-20)18(24)23-16(22-17)10-12-6-2-1-3-7-12/h4-5,8-9,12H,1-3,6-7,10H2,(H2,21,22,23,24). The fourth-order valence-corrected chi connectivity index (χ4v) is 3.35. The van der Waals surface area contributed by atoms with Crippen LogP contribution in [-0.4, -0.2) is 9.97 Å². The fraction of sp³-hybridized carbons (Fsp3) is 0.389. The van der Waals surface area contributed by atoms with Crippen LogP contribution in [0.3, 0.4) is 0 Å². The van der Waals surface area contributed by atoms with E-state index in [2.05, 4.69) is 15.3 Å². The van der Waals surface area contributed by atoms with Crippen molar-refractivity contribution in [3.8, 4) is 6.07 Å². The molecule has 6 heteroatoms. The van der Waals surface area contributed by atoms with Gasteiger partial charge in [-0.05, 0) is 18.1 Å². The van der Waals surface area contributed by atoms with E-state index in [1.807, 2.05) is 18.2 Å². The molecule has 0 spiro atoms. The first-order valence-corrected chi connectivity index (χ1v) is 8.60. The quantitative estimate of drug-likeness (QED) is 0.874. The number of hydrogen-bond acceptors (Lipinski definition) is 4. The Kier molecular flexibility index (Phi) is 5.17. The summed E-state index contributed by atoms with van der Waals surface area (Å²) in [6.45, 7) is 0. The first-order chi connectivity index (χ1) is 11.7. The van der Waals surface area contributed by atoms with E-state index in [0.29, 0.717) is 22.5 Å². The van der Waals surface area contributed by atoms with E-state index < -0.39 is 5.56 Å². The van der Waals surface area contributed by atoms with Crippen LogP contribution in [0.4, 0.5) is 11.5 Å². The van der Waals surface area contributed by atoms with Crippen LogP contribution in [0.2, 0.25) is 5.02 Å². The van der Waals surface area contributed by atoms with Crippen LogP contribution in [0, 0.1) is 17.2 Å². The van der Waals surface area contributed by atoms with E-state index in [-0.39, 0.29) is 11.4 Å². The van der Waals surface area contributed by atoms with Crippen molar-refractivity contribution >= 4 is 23.1 Å². The highest BCUT2D eigenvalue weighted by molar-refractivity contribution is 6.33. The summed E-state index contributed by atoms with van der Waals surface area (Å²) in [5, 5.41) is 12.8. The van der Waals surface area contributed by atoms with Gasteiger partial charge in [-0.1, -0.05) is 55.8 Å². The van der Waals surface area contributed by atoms with Crippen molar-refractivity contribution in [1.82, 2.24) is 9.97 Å². The van der Waals surface area contributed by atoms with E-state index in [9.17, 15) is 10.1 Å². The van der Waals surface area contributed by atoms with Crippen LogP contribution in [0.25, 0.3) is 0 Å². The summed E-state index contributed by atoms with van der Waals surface area (Å²) < 4.78 is 0. The lowest BCUT2D eigenvalue weighted by Gasteiger charge is -2.21. The van der Waals surface area contributed by atoms with Crippen molar-refractivity contribution in [1.29, 1.82) is 5.26 Å². The van der Waals surface area contributed by atoms with Gasteiger partial charge in [-0.25, -0.2) is 4.98 Å². The minimum atomic E-state index is -0.409. The minimum absolute atomic E-state index is 0.0256. The summed E-state index contributed by atoms with van der Waals surface area (Å²) in [6, 6.07) is 9.10. The number of halogens is 1. The molecule has 1 heterocycles. The lowest BCUT2D eigenvalue weighted by molar-refractivity contribution is 0.351. The van der Waals surface area contributed by atoms with E-state index in [0.717, 1.165) is 19.3 Å². The number of nitrogens with zero attached hydrogens (tertiary/aromatic N) is 2. The number of aromatic amines is 1.